The summed E-state index contributed by atoms with van der Waals surface area (Å²) in [4.78, 5) is 22.2. The van der Waals surface area contributed by atoms with Crippen LogP contribution in [0.4, 0.5) is 4.39 Å². The van der Waals surface area contributed by atoms with Gasteiger partial charge in [-0.25, -0.2) is 4.39 Å². The van der Waals surface area contributed by atoms with Crippen molar-refractivity contribution in [3.63, 3.8) is 0 Å². The molecule has 3 rings (SSSR count). The van der Waals surface area contributed by atoms with Crippen molar-refractivity contribution in [3.05, 3.63) is 93.9 Å². The Labute approximate surface area is 175 Å². The number of rotatable bonds is 10. The molecule has 0 spiro atoms. The Hall–Kier alpha value is -3.19. The van der Waals surface area contributed by atoms with E-state index in [4.69, 9.17) is 9.57 Å². The first kappa shape index (κ1) is 21.5. The average molecular weight is 411 g/mol. The number of hydrogen-bond acceptors (Lipinski definition) is 5. The van der Waals surface area contributed by atoms with E-state index >= 15 is 0 Å². The summed E-state index contributed by atoms with van der Waals surface area (Å²) < 4.78 is 19.7. The van der Waals surface area contributed by atoms with E-state index in [2.05, 4.69) is 24.1 Å². The summed E-state index contributed by atoms with van der Waals surface area (Å²) in [5, 5.41) is 3.35. The minimum absolute atomic E-state index is 0.225. The number of halogens is 1. The number of benzene rings is 1. The van der Waals surface area contributed by atoms with Crippen molar-refractivity contribution < 1.29 is 14.0 Å². The van der Waals surface area contributed by atoms with E-state index in [0.717, 1.165) is 34.6 Å². The highest BCUT2D eigenvalue weighted by atomic mass is 19.1. The van der Waals surface area contributed by atoms with Gasteiger partial charge < -0.3 is 14.9 Å². The Morgan fingerprint density at radius 3 is 2.50 bits per heavy atom. The second kappa shape index (κ2) is 10.5. The maximum atomic E-state index is 12.9. The molecule has 2 aromatic heterocycles. The van der Waals surface area contributed by atoms with Gasteiger partial charge in [-0.05, 0) is 36.2 Å². The first-order valence-corrected chi connectivity index (χ1v) is 9.87. The van der Waals surface area contributed by atoms with Crippen LogP contribution in [0.1, 0.15) is 30.7 Å². The van der Waals surface area contributed by atoms with Crippen molar-refractivity contribution in [3.8, 4) is 5.75 Å². The molecule has 0 unspecified atom stereocenters. The van der Waals surface area contributed by atoms with Gasteiger partial charge in [0.1, 0.15) is 24.8 Å². The summed E-state index contributed by atoms with van der Waals surface area (Å²) in [6.07, 6.45) is 3.26. The Kier molecular flexibility index (Phi) is 7.57. The highest BCUT2D eigenvalue weighted by Crippen LogP contribution is 2.10. The fraction of sp³-hybridized carbons (Fsp3) is 0.304. The van der Waals surface area contributed by atoms with Crippen LogP contribution in [0.25, 0.3) is 0 Å². The summed E-state index contributed by atoms with van der Waals surface area (Å²) in [6, 6.07) is 12.9. The van der Waals surface area contributed by atoms with E-state index < -0.39 is 0 Å². The minimum Gasteiger partial charge on any atom is -0.489 e. The van der Waals surface area contributed by atoms with Gasteiger partial charge in [0.2, 0.25) is 0 Å². The number of pyridine rings is 2. The molecule has 158 valence electrons. The lowest BCUT2D eigenvalue weighted by molar-refractivity contribution is 0.0882. The summed E-state index contributed by atoms with van der Waals surface area (Å²) >= 11 is 0. The zero-order valence-electron chi connectivity index (χ0n) is 17.2. The number of aromatic nitrogens is 2. The van der Waals surface area contributed by atoms with Gasteiger partial charge in [-0.1, -0.05) is 32.0 Å². The van der Waals surface area contributed by atoms with E-state index in [1.54, 1.807) is 24.4 Å². The van der Waals surface area contributed by atoms with E-state index in [1.165, 1.54) is 24.4 Å². The molecule has 1 N–H and O–H groups in total. The van der Waals surface area contributed by atoms with Crippen LogP contribution in [0.5, 0.6) is 5.75 Å². The van der Waals surface area contributed by atoms with Crippen molar-refractivity contribution >= 4 is 0 Å². The monoisotopic (exact) mass is 411 g/mol. The molecular weight excluding hydrogens is 385 g/mol. The molecule has 0 aliphatic rings. The van der Waals surface area contributed by atoms with Crippen LogP contribution in [-0.2, 0) is 19.8 Å². The van der Waals surface area contributed by atoms with Gasteiger partial charge in [0, 0.05) is 30.4 Å². The Bertz CT molecular complexity index is 986. The topological polar surface area (TPSA) is 65.4 Å². The van der Waals surface area contributed by atoms with Crippen molar-refractivity contribution in [1.82, 2.24) is 15.0 Å². The first-order valence-electron chi connectivity index (χ1n) is 9.87. The second-order valence-electron chi connectivity index (χ2n) is 7.40. The molecule has 30 heavy (non-hydrogen) atoms. The number of hydrogen-bond donors (Lipinski definition) is 1. The van der Waals surface area contributed by atoms with E-state index in [1.807, 2.05) is 12.1 Å². The number of ether oxygens (including phenoxy) is 1. The number of nitrogens with zero attached hydrogens (tertiary/aromatic N) is 2. The molecule has 0 aliphatic heterocycles. The molecule has 7 heteroatoms. The molecule has 6 nitrogen and oxygen atoms in total. The third-order valence-electron chi connectivity index (χ3n) is 4.29. The van der Waals surface area contributed by atoms with Crippen molar-refractivity contribution in [2.45, 2.75) is 33.6 Å². The lowest BCUT2D eigenvalue weighted by atomic mass is 10.2. The smallest absolute Gasteiger partial charge is 0.286 e. The third kappa shape index (κ3) is 6.70. The van der Waals surface area contributed by atoms with Crippen LogP contribution < -0.4 is 20.5 Å². The number of nitrogens with one attached hydrogen (secondary N) is 1. The summed E-state index contributed by atoms with van der Waals surface area (Å²) in [6.45, 7) is 6.45. The zero-order valence-corrected chi connectivity index (χ0v) is 17.2. The molecule has 1 aromatic carbocycles. The van der Waals surface area contributed by atoms with Crippen LogP contribution in [0.2, 0.25) is 0 Å². The minimum atomic E-state index is -0.339. The van der Waals surface area contributed by atoms with E-state index in [0.29, 0.717) is 11.7 Å². The quantitative estimate of drug-likeness (QED) is 0.554. The van der Waals surface area contributed by atoms with Gasteiger partial charge in [-0.3, -0.25) is 9.78 Å². The molecule has 3 aromatic rings. The van der Waals surface area contributed by atoms with Crippen LogP contribution in [0.15, 0.2) is 65.7 Å². The van der Waals surface area contributed by atoms with Crippen LogP contribution in [0, 0.1) is 11.7 Å². The van der Waals surface area contributed by atoms with Gasteiger partial charge in [0.05, 0.1) is 11.9 Å². The van der Waals surface area contributed by atoms with Crippen LogP contribution in [0.3, 0.4) is 0 Å². The molecule has 0 radical (unpaired) electrons. The second-order valence-corrected chi connectivity index (χ2v) is 7.40. The Morgan fingerprint density at radius 2 is 1.83 bits per heavy atom. The molecule has 0 amide bonds. The van der Waals surface area contributed by atoms with Crippen molar-refractivity contribution in [2.75, 3.05) is 6.54 Å². The maximum absolute atomic E-state index is 12.9. The summed E-state index contributed by atoms with van der Waals surface area (Å²) in [5.74, 6) is 0.714. The molecule has 0 aliphatic carbocycles. The van der Waals surface area contributed by atoms with E-state index in [9.17, 15) is 9.18 Å². The third-order valence-corrected chi connectivity index (χ3v) is 4.29. The molecule has 0 bridgehead atoms. The molecule has 0 atom stereocenters. The summed E-state index contributed by atoms with van der Waals surface area (Å²) in [5.41, 5.74) is 2.30. The van der Waals surface area contributed by atoms with Crippen LogP contribution >= 0.6 is 0 Å². The first-order chi connectivity index (χ1) is 14.5. The Morgan fingerprint density at radius 1 is 1.07 bits per heavy atom. The largest absolute Gasteiger partial charge is 0.489 e. The molecule has 0 saturated heterocycles. The Balaban J connectivity index is 1.49. The molecular formula is C23H26FN3O3. The molecule has 0 fully saturated rings. The maximum Gasteiger partial charge on any atom is 0.286 e. The normalized spacial score (nSPS) is 10.9. The van der Waals surface area contributed by atoms with Gasteiger partial charge in [0.25, 0.3) is 5.56 Å². The highest BCUT2D eigenvalue weighted by Gasteiger charge is 2.03. The standard InChI is InChI=1S/C23H26FN3O3/c1-17(2)12-25-14-21-8-5-19(13-26-21)16-30-27-10-9-22(11-23(27)28)29-15-18-3-6-20(24)7-4-18/h3-11,13,17,25H,12,14-16H2,1-2H3. The zero-order chi connectivity index (χ0) is 21.3. The van der Waals surface area contributed by atoms with Gasteiger partial charge >= 0.3 is 0 Å². The SMILES string of the molecule is CC(C)CNCc1ccc(COn2ccc(OCc3ccc(F)cc3)cc2=O)cn1. The average Bonchev–Trinajstić information content (AvgIpc) is 2.73. The van der Waals surface area contributed by atoms with Gasteiger partial charge in [-0.2, -0.15) is 4.73 Å². The van der Waals surface area contributed by atoms with Crippen molar-refractivity contribution in [1.29, 1.82) is 0 Å². The van der Waals surface area contributed by atoms with Gasteiger partial charge in [0.15, 0.2) is 0 Å². The fourth-order valence-electron chi connectivity index (χ4n) is 2.67. The lowest BCUT2D eigenvalue weighted by Crippen LogP contribution is -2.25. The fourth-order valence-corrected chi connectivity index (χ4v) is 2.67. The predicted molar refractivity (Wildman–Crippen MR) is 112 cm³/mol. The highest BCUT2D eigenvalue weighted by molar-refractivity contribution is 5.20. The lowest BCUT2D eigenvalue weighted by Gasteiger charge is -2.11. The van der Waals surface area contributed by atoms with Crippen molar-refractivity contribution in [2.24, 2.45) is 5.92 Å². The van der Waals surface area contributed by atoms with E-state index in [-0.39, 0.29) is 24.6 Å². The summed E-state index contributed by atoms with van der Waals surface area (Å²) in [7, 11) is 0. The molecule has 0 saturated carbocycles. The predicted octanol–water partition coefficient (Wildman–Crippen LogP) is 3.34. The van der Waals surface area contributed by atoms with Crippen LogP contribution in [-0.4, -0.2) is 16.3 Å². The van der Waals surface area contributed by atoms with Gasteiger partial charge in [-0.15, -0.1) is 0 Å². The molecule has 2 heterocycles.